The lowest BCUT2D eigenvalue weighted by molar-refractivity contribution is 0.952. The van der Waals surface area contributed by atoms with Crippen molar-refractivity contribution in [2.45, 2.75) is 13.8 Å². The molecule has 1 aromatic heterocycles. The molecule has 0 atom stereocenters. The number of hydrogen-bond acceptors (Lipinski definition) is 0. The van der Waals surface area contributed by atoms with Crippen LogP contribution in [-0.2, 0) is 7.05 Å². The summed E-state index contributed by atoms with van der Waals surface area (Å²) < 4.78 is 2.22. The molecule has 0 spiro atoms. The van der Waals surface area contributed by atoms with Crippen LogP contribution in [0, 0.1) is 6.92 Å². The summed E-state index contributed by atoms with van der Waals surface area (Å²) in [4.78, 5) is 0. The van der Waals surface area contributed by atoms with Crippen LogP contribution in [0.15, 0.2) is 67.3 Å². The van der Waals surface area contributed by atoms with E-state index >= 15 is 0 Å². The third-order valence-corrected chi connectivity index (χ3v) is 3.64. The van der Waals surface area contributed by atoms with Crippen LogP contribution in [0.25, 0.3) is 23.1 Å². The number of aryl methyl sites for hydroxylation is 2. The van der Waals surface area contributed by atoms with Crippen molar-refractivity contribution in [3.8, 4) is 0 Å². The van der Waals surface area contributed by atoms with Gasteiger partial charge in [0.15, 0.2) is 0 Å². The Kier molecular flexibility index (Phi) is 5.37. The van der Waals surface area contributed by atoms with Gasteiger partial charge >= 0.3 is 0 Å². The number of fused-ring (bicyclic) bond motifs is 1. The summed E-state index contributed by atoms with van der Waals surface area (Å²) in [7, 11) is 2.10. The molecular weight excluding hydrogens is 266 g/mol. The molecule has 1 heterocycles. The average molecular weight is 289 g/mol. The lowest BCUT2D eigenvalue weighted by atomic mass is 10.1. The zero-order valence-electron chi connectivity index (χ0n) is 13.6. The Hall–Kier alpha value is -2.54. The molecule has 112 valence electrons. The van der Waals surface area contributed by atoms with E-state index in [4.69, 9.17) is 0 Å². The number of nitrogens with zero attached hydrogens (tertiary/aromatic N) is 1. The standard InChI is InChI=1S/C15H17N.C6H6/c1-5-7-14-12(6-2)13-9-8-11(3)10-15(13)16(14)4;1-2-4-6-5-3-1/h5-10H,2H2,1,3-4H3;1-6H/b7-5+;. The fourth-order valence-corrected chi connectivity index (χ4v) is 2.55. The quantitative estimate of drug-likeness (QED) is 0.557. The van der Waals surface area contributed by atoms with Crippen molar-refractivity contribution >= 4 is 23.1 Å². The van der Waals surface area contributed by atoms with Crippen LogP contribution in [0.2, 0.25) is 0 Å². The molecule has 0 N–H and O–H groups in total. The third kappa shape index (κ3) is 3.37. The first-order chi connectivity index (χ1) is 10.7. The van der Waals surface area contributed by atoms with Crippen LogP contribution in [0.1, 0.15) is 23.7 Å². The van der Waals surface area contributed by atoms with Gasteiger partial charge in [-0.2, -0.15) is 0 Å². The van der Waals surface area contributed by atoms with Gasteiger partial charge in [-0.25, -0.2) is 0 Å². The largest absolute Gasteiger partial charge is 0.344 e. The molecule has 0 aliphatic rings. The van der Waals surface area contributed by atoms with Crippen LogP contribution < -0.4 is 0 Å². The Morgan fingerprint density at radius 2 is 1.59 bits per heavy atom. The molecular formula is C21H23N. The van der Waals surface area contributed by atoms with Gasteiger partial charge in [-0.15, -0.1) is 0 Å². The van der Waals surface area contributed by atoms with Gasteiger partial charge in [-0.05, 0) is 31.6 Å². The maximum Gasteiger partial charge on any atom is 0.0491 e. The van der Waals surface area contributed by atoms with E-state index in [0.717, 1.165) is 0 Å². The van der Waals surface area contributed by atoms with Crippen molar-refractivity contribution in [1.29, 1.82) is 0 Å². The van der Waals surface area contributed by atoms with Crippen LogP contribution in [0.4, 0.5) is 0 Å². The normalized spacial score (nSPS) is 10.5. The molecule has 0 saturated heterocycles. The second-order valence-corrected chi connectivity index (χ2v) is 5.24. The second kappa shape index (κ2) is 7.46. The van der Waals surface area contributed by atoms with Crippen molar-refractivity contribution in [3.05, 3.63) is 84.1 Å². The lowest BCUT2D eigenvalue weighted by Crippen LogP contribution is -1.90. The number of aromatic nitrogens is 1. The van der Waals surface area contributed by atoms with Crippen LogP contribution in [0.5, 0.6) is 0 Å². The molecule has 1 nitrogen and oxygen atoms in total. The van der Waals surface area contributed by atoms with E-state index in [1.54, 1.807) is 0 Å². The van der Waals surface area contributed by atoms with Crippen LogP contribution in [-0.4, -0.2) is 4.57 Å². The van der Waals surface area contributed by atoms with Crippen molar-refractivity contribution < 1.29 is 0 Å². The first kappa shape index (κ1) is 15.8. The summed E-state index contributed by atoms with van der Waals surface area (Å²) in [5.74, 6) is 0. The Morgan fingerprint density at radius 1 is 1.00 bits per heavy atom. The highest BCUT2D eigenvalue weighted by molar-refractivity contribution is 5.94. The molecule has 0 aliphatic heterocycles. The summed E-state index contributed by atoms with van der Waals surface area (Å²) in [6, 6.07) is 18.5. The molecule has 3 aromatic rings. The van der Waals surface area contributed by atoms with Gasteiger partial charge in [0, 0.05) is 29.2 Å². The molecule has 0 saturated carbocycles. The van der Waals surface area contributed by atoms with E-state index in [1.807, 2.05) is 49.4 Å². The monoisotopic (exact) mass is 289 g/mol. The highest BCUT2D eigenvalue weighted by atomic mass is 14.9. The zero-order valence-corrected chi connectivity index (χ0v) is 13.6. The maximum absolute atomic E-state index is 3.91. The van der Waals surface area contributed by atoms with E-state index in [-0.39, 0.29) is 0 Å². The second-order valence-electron chi connectivity index (χ2n) is 5.24. The molecule has 0 aliphatic carbocycles. The molecule has 0 fully saturated rings. The van der Waals surface area contributed by atoms with E-state index in [1.165, 1.54) is 27.7 Å². The van der Waals surface area contributed by atoms with Gasteiger partial charge in [0.2, 0.25) is 0 Å². The topological polar surface area (TPSA) is 4.93 Å². The van der Waals surface area contributed by atoms with E-state index in [2.05, 4.69) is 55.5 Å². The summed E-state index contributed by atoms with van der Waals surface area (Å²) in [6.45, 7) is 8.07. The minimum Gasteiger partial charge on any atom is -0.344 e. The SMILES string of the molecule is C=Cc1c(/C=C/C)n(C)c2cc(C)ccc12.c1ccccc1. The Morgan fingerprint density at radius 3 is 2.09 bits per heavy atom. The molecule has 1 heteroatoms. The predicted octanol–water partition coefficient (Wildman–Crippen LogP) is 5.85. The number of hydrogen-bond donors (Lipinski definition) is 0. The van der Waals surface area contributed by atoms with Crippen molar-refractivity contribution in [2.24, 2.45) is 7.05 Å². The minimum atomic E-state index is 1.22. The predicted molar refractivity (Wildman–Crippen MR) is 98.9 cm³/mol. The first-order valence-corrected chi connectivity index (χ1v) is 7.53. The fourth-order valence-electron chi connectivity index (χ4n) is 2.55. The number of allylic oxidation sites excluding steroid dienone is 1. The Balaban J connectivity index is 0.000000246. The highest BCUT2D eigenvalue weighted by Crippen LogP contribution is 2.28. The molecule has 0 bridgehead atoms. The van der Waals surface area contributed by atoms with Gasteiger partial charge in [0.25, 0.3) is 0 Å². The van der Waals surface area contributed by atoms with Gasteiger partial charge in [0.05, 0.1) is 0 Å². The molecule has 0 amide bonds. The van der Waals surface area contributed by atoms with Gasteiger partial charge in [-0.1, -0.05) is 67.3 Å². The first-order valence-electron chi connectivity index (χ1n) is 7.53. The molecule has 3 rings (SSSR count). The summed E-state index contributed by atoms with van der Waals surface area (Å²) in [5, 5.41) is 1.27. The molecule has 0 unspecified atom stereocenters. The van der Waals surface area contributed by atoms with Crippen LogP contribution >= 0.6 is 0 Å². The molecule has 2 aromatic carbocycles. The van der Waals surface area contributed by atoms with Gasteiger partial charge in [0.1, 0.15) is 0 Å². The fraction of sp³-hybridized carbons (Fsp3) is 0.143. The van der Waals surface area contributed by atoms with Crippen molar-refractivity contribution in [3.63, 3.8) is 0 Å². The molecule has 0 radical (unpaired) electrons. The molecule has 22 heavy (non-hydrogen) atoms. The Bertz CT molecular complexity index is 750. The van der Waals surface area contributed by atoms with Crippen molar-refractivity contribution in [1.82, 2.24) is 4.57 Å². The zero-order chi connectivity index (χ0) is 15.9. The third-order valence-electron chi connectivity index (χ3n) is 3.64. The van der Waals surface area contributed by atoms with E-state index in [9.17, 15) is 0 Å². The van der Waals surface area contributed by atoms with E-state index in [0.29, 0.717) is 0 Å². The summed E-state index contributed by atoms with van der Waals surface area (Å²) in [5.41, 5.74) is 4.99. The van der Waals surface area contributed by atoms with Crippen molar-refractivity contribution in [2.75, 3.05) is 0 Å². The van der Waals surface area contributed by atoms with Gasteiger partial charge in [-0.3, -0.25) is 0 Å². The maximum atomic E-state index is 3.91. The summed E-state index contributed by atoms with van der Waals surface area (Å²) >= 11 is 0. The minimum absolute atomic E-state index is 1.22. The van der Waals surface area contributed by atoms with E-state index < -0.39 is 0 Å². The Labute approximate surface area is 133 Å². The average Bonchev–Trinajstić information content (AvgIpc) is 2.82. The smallest absolute Gasteiger partial charge is 0.0491 e. The lowest BCUT2D eigenvalue weighted by Gasteiger charge is -2.00. The number of benzene rings is 2. The number of rotatable bonds is 2. The summed E-state index contributed by atoms with van der Waals surface area (Å²) in [6.07, 6.45) is 6.13. The van der Waals surface area contributed by atoms with Crippen LogP contribution in [0.3, 0.4) is 0 Å². The highest BCUT2D eigenvalue weighted by Gasteiger charge is 2.09. The van der Waals surface area contributed by atoms with Gasteiger partial charge < -0.3 is 4.57 Å².